The third kappa shape index (κ3) is 6.82. The van der Waals surface area contributed by atoms with Crippen molar-refractivity contribution in [2.45, 2.75) is 41.5 Å². The van der Waals surface area contributed by atoms with Crippen LogP contribution >= 0.6 is 22.6 Å². The number of aryl methyl sites for hydroxylation is 5. The van der Waals surface area contributed by atoms with Crippen molar-refractivity contribution in [2.75, 3.05) is 23.3 Å². The number of nitrogens with one attached hydrogen (secondary N) is 1. The number of hydrogen-bond donors (Lipinski definition) is 1. The highest BCUT2D eigenvalue weighted by Gasteiger charge is 2.21. The maximum Gasteiger partial charge on any atom is 0.262 e. The number of rotatable bonds is 5. The van der Waals surface area contributed by atoms with Gasteiger partial charge in [-0.1, -0.05) is 12.1 Å². The Morgan fingerprint density at radius 3 is 1.90 bits per heavy atom. The lowest BCUT2D eigenvalue weighted by Gasteiger charge is -2.21. The summed E-state index contributed by atoms with van der Waals surface area (Å²) in [5.41, 5.74) is 7.77. The molecule has 0 saturated heterocycles. The molecule has 0 saturated carbocycles. The Labute approximate surface area is 200 Å². The third-order valence-corrected chi connectivity index (χ3v) is 6.06. The van der Waals surface area contributed by atoms with Gasteiger partial charge in [-0.3, -0.25) is 9.48 Å². The van der Waals surface area contributed by atoms with E-state index in [0.29, 0.717) is 12.1 Å². The average molecular weight is 532 g/mol. The van der Waals surface area contributed by atoms with Crippen LogP contribution in [0.2, 0.25) is 0 Å². The minimum atomic E-state index is -0.00463. The molecule has 2 aromatic carbocycles. The molecule has 3 rings (SSSR count). The Balaban J connectivity index is 0.000000262. The zero-order valence-electron chi connectivity index (χ0n) is 19.6. The molecule has 6 heteroatoms. The van der Waals surface area contributed by atoms with E-state index in [2.05, 4.69) is 78.0 Å². The lowest BCUT2D eigenvalue weighted by Crippen LogP contribution is -2.31. The highest BCUT2D eigenvalue weighted by molar-refractivity contribution is 14.1. The third-order valence-electron chi connectivity index (χ3n) is 4.78. The van der Waals surface area contributed by atoms with Gasteiger partial charge in [0.2, 0.25) is 0 Å². The summed E-state index contributed by atoms with van der Waals surface area (Å²) in [4.78, 5) is 14.5. The Bertz CT molecular complexity index is 1000. The number of halogens is 1. The summed E-state index contributed by atoms with van der Waals surface area (Å²) >= 11 is 2.15. The molecule has 1 N–H and O–H groups in total. The second kappa shape index (κ2) is 11.3. The molecular weight excluding hydrogens is 499 g/mol. The van der Waals surface area contributed by atoms with E-state index in [-0.39, 0.29) is 5.91 Å². The Kier molecular flexibility index (Phi) is 9.10. The van der Waals surface area contributed by atoms with Crippen LogP contribution in [0.5, 0.6) is 0 Å². The van der Waals surface area contributed by atoms with Gasteiger partial charge in [-0.25, -0.2) is 0 Å². The predicted octanol–water partition coefficient (Wildman–Crippen LogP) is 6.04. The van der Waals surface area contributed by atoms with Crippen molar-refractivity contribution in [2.24, 2.45) is 7.05 Å². The molecule has 0 atom stereocenters. The molecule has 166 valence electrons. The van der Waals surface area contributed by atoms with Gasteiger partial charge in [-0.2, -0.15) is 5.10 Å². The van der Waals surface area contributed by atoms with E-state index >= 15 is 0 Å². The number of anilines is 2. The molecule has 1 heterocycles. The first-order valence-electron chi connectivity index (χ1n) is 10.6. The topological polar surface area (TPSA) is 50.2 Å². The maximum absolute atomic E-state index is 12.7. The second-order valence-corrected chi connectivity index (χ2v) is 8.80. The van der Waals surface area contributed by atoms with Crippen molar-refractivity contribution in [3.63, 3.8) is 0 Å². The summed E-state index contributed by atoms with van der Waals surface area (Å²) in [7, 11) is 1.84. The normalized spacial score (nSPS) is 10.3. The van der Waals surface area contributed by atoms with Gasteiger partial charge in [0, 0.05) is 31.5 Å². The fraction of sp³-hybridized carbons (Fsp3) is 0.360. The van der Waals surface area contributed by atoms with Gasteiger partial charge in [0.1, 0.15) is 3.70 Å². The molecule has 0 fully saturated rings. The number of nitrogens with zero attached hydrogens (tertiary/aromatic N) is 3. The maximum atomic E-state index is 12.7. The molecule has 0 aliphatic rings. The SMILES string of the molecule is CCN(C(=O)c1cnn(C)c1I)c1cc(C)cc(C)c1.CCNc1cc(C)cc(C)c1. The van der Waals surface area contributed by atoms with Crippen molar-refractivity contribution in [1.82, 2.24) is 9.78 Å². The molecule has 1 aromatic heterocycles. The summed E-state index contributed by atoms with van der Waals surface area (Å²) in [6.45, 7) is 14.0. The lowest BCUT2D eigenvalue weighted by molar-refractivity contribution is 0.0987. The average Bonchev–Trinajstić information content (AvgIpc) is 3.00. The summed E-state index contributed by atoms with van der Waals surface area (Å²) in [5, 5.41) is 7.43. The molecular formula is C25H33IN4O. The number of aromatic nitrogens is 2. The zero-order valence-corrected chi connectivity index (χ0v) is 21.7. The van der Waals surface area contributed by atoms with Crippen LogP contribution in [0.15, 0.2) is 42.6 Å². The number of benzene rings is 2. The molecule has 3 aromatic rings. The lowest BCUT2D eigenvalue weighted by atomic mass is 10.1. The summed E-state index contributed by atoms with van der Waals surface area (Å²) in [5.74, 6) is -0.00463. The smallest absolute Gasteiger partial charge is 0.262 e. The molecule has 0 radical (unpaired) electrons. The first-order chi connectivity index (χ1) is 14.7. The highest BCUT2D eigenvalue weighted by atomic mass is 127. The first kappa shape index (κ1) is 24.9. The van der Waals surface area contributed by atoms with E-state index < -0.39 is 0 Å². The van der Waals surface area contributed by atoms with Gasteiger partial charge in [-0.15, -0.1) is 0 Å². The molecule has 1 amide bonds. The zero-order chi connectivity index (χ0) is 23.1. The van der Waals surface area contributed by atoms with Gasteiger partial charge in [0.25, 0.3) is 5.91 Å². The monoisotopic (exact) mass is 532 g/mol. The Morgan fingerprint density at radius 1 is 0.968 bits per heavy atom. The number of amides is 1. The van der Waals surface area contributed by atoms with Crippen LogP contribution in [0.3, 0.4) is 0 Å². The molecule has 0 aliphatic heterocycles. The van der Waals surface area contributed by atoms with E-state index in [1.165, 1.54) is 16.8 Å². The first-order valence-corrected chi connectivity index (χ1v) is 11.6. The molecule has 31 heavy (non-hydrogen) atoms. The van der Waals surface area contributed by atoms with E-state index in [4.69, 9.17) is 0 Å². The molecule has 0 bridgehead atoms. The van der Waals surface area contributed by atoms with Crippen molar-refractivity contribution < 1.29 is 4.79 Å². The fourth-order valence-electron chi connectivity index (χ4n) is 3.54. The fourth-order valence-corrected chi connectivity index (χ4v) is 4.04. The van der Waals surface area contributed by atoms with Crippen LogP contribution in [0.1, 0.15) is 46.5 Å². The summed E-state index contributed by atoms with van der Waals surface area (Å²) in [6, 6.07) is 12.7. The van der Waals surface area contributed by atoms with E-state index in [1.807, 2.05) is 40.0 Å². The van der Waals surface area contributed by atoms with Gasteiger partial charge < -0.3 is 10.2 Å². The Morgan fingerprint density at radius 2 is 1.48 bits per heavy atom. The number of hydrogen-bond acceptors (Lipinski definition) is 3. The number of carbonyl (C=O) groups is 1. The molecule has 0 aliphatic carbocycles. The Hall–Kier alpha value is -2.35. The van der Waals surface area contributed by atoms with Gasteiger partial charge in [0.15, 0.2) is 0 Å². The van der Waals surface area contributed by atoms with Gasteiger partial charge in [0.05, 0.1) is 11.8 Å². The second-order valence-electron chi connectivity index (χ2n) is 7.77. The molecule has 0 spiro atoms. The largest absolute Gasteiger partial charge is 0.385 e. The van der Waals surface area contributed by atoms with Crippen LogP contribution in [0, 0.1) is 31.4 Å². The van der Waals surface area contributed by atoms with Crippen LogP contribution in [0.4, 0.5) is 11.4 Å². The summed E-state index contributed by atoms with van der Waals surface area (Å²) < 4.78 is 2.57. The van der Waals surface area contributed by atoms with Crippen molar-refractivity contribution in [3.8, 4) is 0 Å². The quantitative estimate of drug-likeness (QED) is 0.408. The molecule has 0 unspecified atom stereocenters. The van der Waals surface area contributed by atoms with Gasteiger partial charge in [-0.05, 0) is 111 Å². The standard InChI is InChI=1S/C15H18IN3O.C10H15N/c1-5-19(12-7-10(2)6-11(3)8-12)15(20)13-9-17-18(4)14(13)16;1-4-11-10-6-8(2)5-9(3)7-10/h6-9H,5H2,1-4H3;5-7,11H,4H2,1-3H3. The minimum Gasteiger partial charge on any atom is -0.385 e. The van der Waals surface area contributed by atoms with Crippen LogP contribution < -0.4 is 10.2 Å². The van der Waals surface area contributed by atoms with Crippen LogP contribution in [-0.4, -0.2) is 28.8 Å². The van der Waals surface area contributed by atoms with E-state index in [1.54, 1.807) is 15.8 Å². The van der Waals surface area contributed by atoms with Crippen molar-refractivity contribution >= 4 is 39.9 Å². The molecule has 5 nitrogen and oxygen atoms in total. The predicted molar refractivity (Wildman–Crippen MR) is 139 cm³/mol. The highest BCUT2D eigenvalue weighted by Crippen LogP contribution is 2.22. The van der Waals surface area contributed by atoms with Gasteiger partial charge >= 0.3 is 0 Å². The minimum absolute atomic E-state index is 0.00463. The number of carbonyl (C=O) groups excluding carboxylic acids is 1. The van der Waals surface area contributed by atoms with E-state index in [0.717, 1.165) is 27.1 Å². The van der Waals surface area contributed by atoms with Crippen LogP contribution in [0.25, 0.3) is 0 Å². The van der Waals surface area contributed by atoms with E-state index in [9.17, 15) is 4.79 Å². The van der Waals surface area contributed by atoms with Crippen LogP contribution in [-0.2, 0) is 7.05 Å². The summed E-state index contributed by atoms with van der Waals surface area (Å²) in [6.07, 6.45) is 1.63. The van der Waals surface area contributed by atoms with Crippen molar-refractivity contribution in [1.29, 1.82) is 0 Å². The van der Waals surface area contributed by atoms with Crippen molar-refractivity contribution in [3.05, 3.63) is 74.1 Å².